The molecule has 1 unspecified atom stereocenters. The predicted molar refractivity (Wildman–Crippen MR) is 85.2 cm³/mol. The van der Waals surface area contributed by atoms with Gasteiger partial charge in [-0.2, -0.15) is 5.10 Å². The first-order chi connectivity index (χ1) is 11.1. The molecule has 0 radical (unpaired) electrons. The van der Waals surface area contributed by atoms with Gasteiger partial charge in [-0.25, -0.2) is 14.4 Å². The molecule has 1 aromatic heterocycles. The number of hydrogen-bond acceptors (Lipinski definition) is 4. The SMILES string of the molecule is CCNC(=NCc1ncnn1C)NCC(O)c1ccc(F)cc1. The lowest BCUT2D eigenvalue weighted by Crippen LogP contribution is -2.39. The van der Waals surface area contributed by atoms with Crippen molar-refractivity contribution in [3.8, 4) is 0 Å². The van der Waals surface area contributed by atoms with E-state index in [1.807, 2.05) is 6.92 Å². The average molecular weight is 320 g/mol. The molecule has 0 saturated heterocycles. The second-order valence-electron chi connectivity index (χ2n) is 4.94. The van der Waals surface area contributed by atoms with Crippen LogP contribution >= 0.6 is 0 Å². The number of nitrogens with zero attached hydrogens (tertiary/aromatic N) is 4. The van der Waals surface area contributed by atoms with Crippen LogP contribution in [0.4, 0.5) is 4.39 Å². The minimum atomic E-state index is -0.755. The maximum Gasteiger partial charge on any atom is 0.191 e. The molecule has 7 nitrogen and oxygen atoms in total. The van der Waals surface area contributed by atoms with E-state index in [0.717, 1.165) is 5.82 Å². The van der Waals surface area contributed by atoms with Crippen LogP contribution in [0, 0.1) is 5.82 Å². The largest absolute Gasteiger partial charge is 0.387 e. The average Bonchev–Trinajstić information content (AvgIpc) is 2.95. The molecule has 0 bridgehead atoms. The second kappa shape index (κ2) is 8.23. The normalized spacial score (nSPS) is 13.0. The zero-order valence-corrected chi connectivity index (χ0v) is 13.2. The number of guanidine groups is 1. The molecule has 1 atom stereocenters. The van der Waals surface area contributed by atoms with Crippen molar-refractivity contribution in [1.82, 2.24) is 25.4 Å². The Morgan fingerprint density at radius 1 is 1.35 bits per heavy atom. The molecule has 3 N–H and O–H groups in total. The minimum absolute atomic E-state index is 0.260. The maximum atomic E-state index is 12.9. The van der Waals surface area contributed by atoms with E-state index in [0.29, 0.717) is 24.6 Å². The highest BCUT2D eigenvalue weighted by atomic mass is 19.1. The zero-order valence-electron chi connectivity index (χ0n) is 13.2. The standard InChI is InChI=1S/C15H21FN6O/c1-3-17-15(19-9-14-20-10-21-22(14)2)18-8-13(23)11-4-6-12(16)7-5-11/h4-7,10,13,23H,3,8-9H2,1-2H3,(H2,17,18,19). The number of rotatable bonds is 6. The zero-order chi connectivity index (χ0) is 16.7. The highest BCUT2D eigenvalue weighted by Gasteiger charge is 2.09. The fourth-order valence-electron chi connectivity index (χ4n) is 1.95. The van der Waals surface area contributed by atoms with Gasteiger partial charge in [0.25, 0.3) is 0 Å². The Hall–Kier alpha value is -2.48. The number of nitrogens with one attached hydrogen (secondary N) is 2. The van der Waals surface area contributed by atoms with Gasteiger partial charge in [0.05, 0.1) is 6.10 Å². The summed E-state index contributed by atoms with van der Waals surface area (Å²) in [4.78, 5) is 8.50. The van der Waals surface area contributed by atoms with Gasteiger partial charge in [0.15, 0.2) is 5.96 Å². The van der Waals surface area contributed by atoms with E-state index >= 15 is 0 Å². The van der Waals surface area contributed by atoms with Crippen LogP contribution in [0.1, 0.15) is 24.4 Å². The van der Waals surface area contributed by atoms with Gasteiger partial charge in [0.2, 0.25) is 0 Å². The van der Waals surface area contributed by atoms with Crippen LogP contribution in [0.3, 0.4) is 0 Å². The Morgan fingerprint density at radius 2 is 2.09 bits per heavy atom. The van der Waals surface area contributed by atoms with Crippen molar-refractivity contribution in [1.29, 1.82) is 0 Å². The van der Waals surface area contributed by atoms with Gasteiger partial charge in [-0.3, -0.25) is 4.68 Å². The monoisotopic (exact) mass is 320 g/mol. The molecule has 124 valence electrons. The number of halogens is 1. The van der Waals surface area contributed by atoms with Crippen LogP contribution < -0.4 is 10.6 Å². The van der Waals surface area contributed by atoms with Crippen molar-refractivity contribution in [3.05, 3.63) is 47.8 Å². The first kappa shape index (κ1) is 16.9. The summed E-state index contributed by atoms with van der Waals surface area (Å²) in [6, 6.07) is 5.77. The number of aromatic nitrogens is 3. The lowest BCUT2D eigenvalue weighted by Gasteiger charge is -2.15. The van der Waals surface area contributed by atoms with Gasteiger partial charge in [-0.05, 0) is 24.6 Å². The summed E-state index contributed by atoms with van der Waals surface area (Å²) in [5, 5.41) is 20.3. The van der Waals surface area contributed by atoms with Crippen LogP contribution in [0.2, 0.25) is 0 Å². The summed E-state index contributed by atoms with van der Waals surface area (Å²) in [5.74, 6) is 0.977. The molecule has 0 fully saturated rings. The summed E-state index contributed by atoms with van der Waals surface area (Å²) in [5.41, 5.74) is 0.642. The van der Waals surface area contributed by atoms with E-state index in [2.05, 4.69) is 25.7 Å². The molecule has 23 heavy (non-hydrogen) atoms. The van der Waals surface area contributed by atoms with Crippen molar-refractivity contribution in [3.63, 3.8) is 0 Å². The Labute approximate surface area is 134 Å². The molecular formula is C15H21FN6O. The van der Waals surface area contributed by atoms with Crippen molar-refractivity contribution in [2.45, 2.75) is 19.6 Å². The third-order valence-corrected chi connectivity index (χ3v) is 3.25. The lowest BCUT2D eigenvalue weighted by atomic mass is 10.1. The molecule has 0 aliphatic rings. The van der Waals surface area contributed by atoms with Crippen molar-refractivity contribution < 1.29 is 9.50 Å². The van der Waals surface area contributed by atoms with Crippen LogP contribution in [-0.4, -0.2) is 38.9 Å². The molecule has 2 aromatic rings. The smallest absolute Gasteiger partial charge is 0.191 e. The van der Waals surface area contributed by atoms with Gasteiger partial charge in [-0.1, -0.05) is 12.1 Å². The molecule has 8 heteroatoms. The van der Waals surface area contributed by atoms with E-state index in [1.54, 1.807) is 23.9 Å². The number of aliphatic hydroxyl groups excluding tert-OH is 1. The van der Waals surface area contributed by atoms with E-state index in [1.165, 1.54) is 18.5 Å². The van der Waals surface area contributed by atoms with E-state index < -0.39 is 6.10 Å². The number of hydrogen-bond donors (Lipinski definition) is 3. The number of aryl methyl sites for hydroxylation is 1. The summed E-state index contributed by atoms with van der Waals surface area (Å²) in [7, 11) is 1.80. The van der Waals surface area contributed by atoms with E-state index in [9.17, 15) is 9.50 Å². The Kier molecular flexibility index (Phi) is 6.04. The lowest BCUT2D eigenvalue weighted by molar-refractivity contribution is 0.180. The predicted octanol–water partition coefficient (Wildman–Crippen LogP) is 0.743. The quantitative estimate of drug-likeness (QED) is 0.540. The van der Waals surface area contributed by atoms with Gasteiger partial charge in [0, 0.05) is 20.1 Å². The van der Waals surface area contributed by atoms with Crippen LogP contribution in [0.15, 0.2) is 35.6 Å². The summed E-state index contributed by atoms with van der Waals surface area (Å²) in [6.45, 7) is 3.28. The third kappa shape index (κ3) is 5.03. The first-order valence-electron chi connectivity index (χ1n) is 7.38. The molecular weight excluding hydrogens is 299 g/mol. The van der Waals surface area contributed by atoms with Gasteiger partial charge < -0.3 is 15.7 Å². The Bertz CT molecular complexity index is 640. The molecule has 1 heterocycles. The number of aliphatic hydroxyl groups is 1. The fraction of sp³-hybridized carbons (Fsp3) is 0.400. The van der Waals surface area contributed by atoms with Crippen LogP contribution in [0.5, 0.6) is 0 Å². The van der Waals surface area contributed by atoms with Gasteiger partial charge in [-0.15, -0.1) is 0 Å². The minimum Gasteiger partial charge on any atom is -0.387 e. The molecule has 0 spiro atoms. The summed E-state index contributed by atoms with van der Waals surface area (Å²) >= 11 is 0. The maximum absolute atomic E-state index is 12.9. The molecule has 1 aromatic carbocycles. The number of benzene rings is 1. The van der Waals surface area contributed by atoms with Crippen LogP contribution in [0.25, 0.3) is 0 Å². The van der Waals surface area contributed by atoms with Crippen molar-refractivity contribution in [2.24, 2.45) is 12.0 Å². The summed E-state index contributed by atoms with van der Waals surface area (Å²) in [6.07, 6.45) is 0.720. The van der Waals surface area contributed by atoms with Crippen molar-refractivity contribution >= 4 is 5.96 Å². The highest BCUT2D eigenvalue weighted by Crippen LogP contribution is 2.12. The second-order valence-corrected chi connectivity index (χ2v) is 4.94. The Morgan fingerprint density at radius 3 is 2.70 bits per heavy atom. The first-order valence-corrected chi connectivity index (χ1v) is 7.38. The van der Waals surface area contributed by atoms with Crippen LogP contribution in [-0.2, 0) is 13.6 Å². The molecule has 0 aliphatic carbocycles. The fourth-order valence-corrected chi connectivity index (χ4v) is 1.95. The molecule has 2 rings (SSSR count). The van der Waals surface area contributed by atoms with Gasteiger partial charge in [0.1, 0.15) is 24.5 Å². The van der Waals surface area contributed by atoms with Crippen molar-refractivity contribution in [2.75, 3.05) is 13.1 Å². The Balaban J connectivity index is 1.93. The summed E-state index contributed by atoms with van der Waals surface area (Å²) < 4.78 is 14.5. The molecule has 0 aliphatic heterocycles. The number of aliphatic imine (C=N–C) groups is 1. The van der Waals surface area contributed by atoms with E-state index in [-0.39, 0.29) is 12.4 Å². The van der Waals surface area contributed by atoms with Gasteiger partial charge >= 0.3 is 0 Å². The van der Waals surface area contributed by atoms with E-state index in [4.69, 9.17) is 0 Å². The molecule has 0 amide bonds. The molecule has 0 saturated carbocycles. The topological polar surface area (TPSA) is 87.4 Å². The third-order valence-electron chi connectivity index (χ3n) is 3.25. The highest BCUT2D eigenvalue weighted by molar-refractivity contribution is 5.79.